The molecule has 0 radical (unpaired) electrons. The quantitative estimate of drug-likeness (QED) is 0.850. The van der Waals surface area contributed by atoms with Gasteiger partial charge in [-0.1, -0.05) is 24.3 Å². The van der Waals surface area contributed by atoms with Gasteiger partial charge in [0.15, 0.2) is 0 Å². The van der Waals surface area contributed by atoms with Crippen LogP contribution in [0.15, 0.2) is 24.3 Å². The monoisotopic (exact) mass is 304 g/mol. The normalized spacial score (nSPS) is 14.7. The molecule has 1 aliphatic carbocycles. The third-order valence-corrected chi connectivity index (χ3v) is 3.86. The van der Waals surface area contributed by atoms with Crippen molar-refractivity contribution in [3.63, 3.8) is 0 Å². The Morgan fingerprint density at radius 3 is 2.41 bits per heavy atom. The first kappa shape index (κ1) is 16.8. The van der Waals surface area contributed by atoms with Crippen molar-refractivity contribution in [3.8, 4) is 0 Å². The Morgan fingerprint density at radius 2 is 1.86 bits per heavy atom. The summed E-state index contributed by atoms with van der Waals surface area (Å²) in [7, 11) is 1.79. The van der Waals surface area contributed by atoms with Crippen molar-refractivity contribution < 1.29 is 9.53 Å². The second-order valence-electron chi connectivity index (χ2n) is 7.08. The van der Waals surface area contributed by atoms with Gasteiger partial charge in [-0.05, 0) is 57.7 Å². The summed E-state index contributed by atoms with van der Waals surface area (Å²) in [5, 5.41) is 3.59. The Balaban J connectivity index is 1.63. The summed E-state index contributed by atoms with van der Waals surface area (Å²) < 4.78 is 5.34. The number of amides is 1. The second-order valence-corrected chi connectivity index (χ2v) is 7.08. The highest BCUT2D eigenvalue weighted by Crippen LogP contribution is 2.21. The van der Waals surface area contributed by atoms with Crippen LogP contribution in [0.3, 0.4) is 0 Å². The first-order chi connectivity index (χ1) is 10.3. The summed E-state index contributed by atoms with van der Waals surface area (Å²) in [6.07, 6.45) is 2.90. The van der Waals surface area contributed by atoms with E-state index in [9.17, 15) is 4.79 Å². The predicted molar refractivity (Wildman–Crippen MR) is 89.1 cm³/mol. The number of carbonyl (C=O) groups is 1. The lowest BCUT2D eigenvalue weighted by molar-refractivity contribution is 0.0297. The van der Waals surface area contributed by atoms with Crippen LogP contribution < -0.4 is 5.32 Å². The summed E-state index contributed by atoms with van der Waals surface area (Å²) in [4.78, 5) is 13.5. The maximum Gasteiger partial charge on any atom is 0.410 e. The molecule has 2 rings (SSSR count). The number of hydrogen-bond donors (Lipinski definition) is 1. The number of hydrogen-bond acceptors (Lipinski definition) is 3. The Bertz CT molecular complexity index is 483. The van der Waals surface area contributed by atoms with Gasteiger partial charge in [0.2, 0.25) is 0 Å². The first-order valence-corrected chi connectivity index (χ1v) is 8.09. The van der Waals surface area contributed by atoms with E-state index in [-0.39, 0.29) is 6.09 Å². The molecule has 22 heavy (non-hydrogen) atoms. The van der Waals surface area contributed by atoms with Gasteiger partial charge >= 0.3 is 6.09 Å². The molecule has 1 aromatic rings. The van der Waals surface area contributed by atoms with Crippen LogP contribution in [-0.4, -0.2) is 42.8 Å². The van der Waals surface area contributed by atoms with E-state index in [0.717, 1.165) is 25.8 Å². The first-order valence-electron chi connectivity index (χ1n) is 8.09. The predicted octanol–water partition coefficient (Wildman–Crippen LogP) is 3.00. The maximum absolute atomic E-state index is 11.8. The van der Waals surface area contributed by atoms with Crippen molar-refractivity contribution in [2.24, 2.45) is 0 Å². The van der Waals surface area contributed by atoms with Gasteiger partial charge in [0.05, 0.1) is 0 Å². The zero-order valence-corrected chi connectivity index (χ0v) is 14.2. The fourth-order valence-electron chi connectivity index (χ4n) is 2.76. The number of ether oxygens (including phenoxy) is 1. The Kier molecular flexibility index (Phi) is 5.46. The van der Waals surface area contributed by atoms with Crippen LogP contribution in [0.25, 0.3) is 0 Å². The number of nitrogens with zero attached hydrogens (tertiary/aromatic N) is 1. The summed E-state index contributed by atoms with van der Waals surface area (Å²) in [6.45, 7) is 7.29. The van der Waals surface area contributed by atoms with Crippen LogP contribution in [-0.2, 0) is 17.6 Å². The molecular formula is C18H28N2O2. The molecule has 0 saturated heterocycles. The van der Waals surface area contributed by atoms with E-state index in [1.54, 1.807) is 11.9 Å². The van der Waals surface area contributed by atoms with Gasteiger partial charge in [0, 0.05) is 19.6 Å². The van der Waals surface area contributed by atoms with Gasteiger partial charge in [-0.2, -0.15) is 0 Å². The van der Waals surface area contributed by atoms with Gasteiger partial charge in [0.25, 0.3) is 0 Å². The molecule has 0 atom stereocenters. The highest BCUT2D eigenvalue weighted by Gasteiger charge is 2.21. The molecule has 0 unspecified atom stereocenters. The lowest BCUT2D eigenvalue weighted by Gasteiger charge is -2.24. The molecule has 1 aliphatic rings. The van der Waals surface area contributed by atoms with Crippen molar-refractivity contribution in [1.82, 2.24) is 10.2 Å². The van der Waals surface area contributed by atoms with Crippen molar-refractivity contribution >= 4 is 6.09 Å². The summed E-state index contributed by atoms with van der Waals surface area (Å²) >= 11 is 0. The van der Waals surface area contributed by atoms with E-state index in [4.69, 9.17) is 4.74 Å². The van der Waals surface area contributed by atoms with Crippen LogP contribution in [0.5, 0.6) is 0 Å². The number of fused-ring (bicyclic) bond motifs is 1. The van der Waals surface area contributed by atoms with Gasteiger partial charge < -0.3 is 15.0 Å². The molecule has 0 heterocycles. The minimum absolute atomic E-state index is 0.249. The fourth-order valence-corrected chi connectivity index (χ4v) is 2.76. The SMILES string of the molecule is CN(CCCNC1Cc2ccccc2C1)C(=O)OC(C)(C)C. The van der Waals surface area contributed by atoms with Crippen LogP contribution in [0.4, 0.5) is 4.79 Å². The standard InChI is InChI=1S/C18H28N2O2/c1-18(2,3)22-17(21)20(4)11-7-10-19-16-12-14-8-5-6-9-15(14)13-16/h5-6,8-9,16,19H,7,10-13H2,1-4H3. The lowest BCUT2D eigenvalue weighted by Crippen LogP contribution is -2.36. The minimum atomic E-state index is -0.431. The van der Waals surface area contributed by atoms with Crippen molar-refractivity contribution in [2.75, 3.05) is 20.1 Å². The van der Waals surface area contributed by atoms with E-state index in [0.29, 0.717) is 12.6 Å². The van der Waals surface area contributed by atoms with Crippen LogP contribution >= 0.6 is 0 Å². The molecule has 0 aliphatic heterocycles. The molecule has 1 N–H and O–H groups in total. The van der Waals surface area contributed by atoms with E-state index >= 15 is 0 Å². The van der Waals surface area contributed by atoms with Gasteiger partial charge in [-0.15, -0.1) is 0 Å². The zero-order valence-electron chi connectivity index (χ0n) is 14.2. The van der Waals surface area contributed by atoms with Gasteiger partial charge in [-0.25, -0.2) is 4.79 Å². The molecule has 1 aromatic carbocycles. The third kappa shape index (κ3) is 5.02. The van der Waals surface area contributed by atoms with E-state index in [2.05, 4.69) is 29.6 Å². The molecule has 4 heteroatoms. The molecule has 0 aromatic heterocycles. The molecule has 1 amide bonds. The molecule has 4 nitrogen and oxygen atoms in total. The lowest BCUT2D eigenvalue weighted by atomic mass is 10.1. The third-order valence-electron chi connectivity index (χ3n) is 3.86. The van der Waals surface area contributed by atoms with Gasteiger partial charge in [-0.3, -0.25) is 0 Å². The number of carbonyl (C=O) groups excluding carboxylic acids is 1. The molecule has 0 fully saturated rings. The van der Waals surface area contributed by atoms with E-state index in [1.165, 1.54) is 11.1 Å². The van der Waals surface area contributed by atoms with Crippen LogP contribution in [0, 0.1) is 0 Å². The number of nitrogens with one attached hydrogen (secondary N) is 1. The highest BCUT2D eigenvalue weighted by molar-refractivity contribution is 5.67. The zero-order chi connectivity index (χ0) is 16.2. The fraction of sp³-hybridized carbons (Fsp3) is 0.611. The number of rotatable bonds is 5. The maximum atomic E-state index is 11.8. The smallest absolute Gasteiger partial charge is 0.410 e. The van der Waals surface area contributed by atoms with Crippen molar-refractivity contribution in [3.05, 3.63) is 35.4 Å². The molecule has 0 spiro atoms. The molecule has 122 valence electrons. The van der Waals surface area contributed by atoms with Gasteiger partial charge in [0.1, 0.15) is 5.60 Å². The summed E-state index contributed by atoms with van der Waals surface area (Å²) in [5.41, 5.74) is 2.50. The van der Waals surface area contributed by atoms with E-state index in [1.807, 2.05) is 20.8 Å². The Hall–Kier alpha value is -1.55. The molecule has 0 saturated carbocycles. The Labute approximate surface area is 133 Å². The number of benzene rings is 1. The van der Waals surface area contributed by atoms with Crippen molar-refractivity contribution in [2.45, 2.75) is 51.7 Å². The topological polar surface area (TPSA) is 41.6 Å². The van der Waals surface area contributed by atoms with Crippen LogP contribution in [0.2, 0.25) is 0 Å². The summed E-state index contributed by atoms with van der Waals surface area (Å²) in [6, 6.07) is 9.18. The molecular weight excluding hydrogens is 276 g/mol. The highest BCUT2D eigenvalue weighted by atomic mass is 16.6. The largest absolute Gasteiger partial charge is 0.444 e. The van der Waals surface area contributed by atoms with Crippen LogP contribution in [0.1, 0.15) is 38.3 Å². The van der Waals surface area contributed by atoms with Crippen molar-refractivity contribution in [1.29, 1.82) is 0 Å². The second kappa shape index (κ2) is 7.14. The average molecular weight is 304 g/mol. The minimum Gasteiger partial charge on any atom is -0.444 e. The summed E-state index contributed by atoms with van der Waals surface area (Å²) in [5.74, 6) is 0. The average Bonchev–Trinajstić information content (AvgIpc) is 2.84. The Morgan fingerprint density at radius 1 is 1.27 bits per heavy atom. The molecule has 0 bridgehead atoms. The van der Waals surface area contributed by atoms with E-state index < -0.39 is 5.60 Å².